The second-order valence-electron chi connectivity index (χ2n) is 5.52. The van der Waals surface area contributed by atoms with Gasteiger partial charge in [-0.25, -0.2) is 0 Å². The van der Waals surface area contributed by atoms with E-state index in [0.717, 1.165) is 43.4 Å². The molecule has 110 valence electrons. The van der Waals surface area contributed by atoms with Gasteiger partial charge in [0, 0.05) is 23.6 Å². The van der Waals surface area contributed by atoms with Crippen molar-refractivity contribution in [3.05, 3.63) is 28.3 Å². The summed E-state index contributed by atoms with van der Waals surface area (Å²) in [6.07, 6.45) is 4.66. The molecule has 3 nitrogen and oxygen atoms in total. The molecule has 3 rings (SSSR count). The molecule has 20 heavy (non-hydrogen) atoms. The second kappa shape index (κ2) is 6.33. The zero-order chi connectivity index (χ0) is 13.9. The SMILES string of the molecule is CCNC(c1cc(Cl)cc2c1OCC2)C1CCCCO1. The van der Waals surface area contributed by atoms with Crippen LogP contribution in [0, 0.1) is 0 Å². The third-order valence-corrected chi connectivity index (χ3v) is 4.34. The number of halogens is 1. The molecule has 1 aromatic rings. The van der Waals surface area contributed by atoms with Crippen LogP contribution >= 0.6 is 11.6 Å². The highest BCUT2D eigenvalue weighted by Crippen LogP contribution is 2.39. The van der Waals surface area contributed by atoms with Crippen molar-refractivity contribution in [2.45, 2.75) is 44.8 Å². The molecule has 4 heteroatoms. The van der Waals surface area contributed by atoms with Crippen LogP contribution in [0.25, 0.3) is 0 Å². The smallest absolute Gasteiger partial charge is 0.127 e. The van der Waals surface area contributed by atoms with Gasteiger partial charge in [-0.3, -0.25) is 0 Å². The average Bonchev–Trinajstić information content (AvgIpc) is 2.93. The Hall–Kier alpha value is -0.770. The van der Waals surface area contributed by atoms with E-state index in [1.54, 1.807) is 0 Å². The minimum atomic E-state index is 0.172. The Morgan fingerprint density at radius 1 is 1.35 bits per heavy atom. The van der Waals surface area contributed by atoms with Gasteiger partial charge in [0.25, 0.3) is 0 Å². The van der Waals surface area contributed by atoms with Crippen molar-refractivity contribution in [2.75, 3.05) is 19.8 Å². The van der Waals surface area contributed by atoms with Crippen LogP contribution < -0.4 is 10.1 Å². The van der Waals surface area contributed by atoms with Gasteiger partial charge < -0.3 is 14.8 Å². The maximum Gasteiger partial charge on any atom is 0.127 e. The predicted octanol–water partition coefficient (Wildman–Crippen LogP) is 3.49. The number of likely N-dealkylation sites (N-methyl/N-ethyl adjacent to an activating group) is 1. The lowest BCUT2D eigenvalue weighted by molar-refractivity contribution is -0.00830. The summed E-state index contributed by atoms with van der Waals surface area (Å²) in [6, 6.07) is 4.24. The molecule has 2 heterocycles. The number of hydrogen-bond donors (Lipinski definition) is 1. The summed E-state index contributed by atoms with van der Waals surface area (Å²) < 4.78 is 11.8. The number of hydrogen-bond acceptors (Lipinski definition) is 3. The molecule has 0 spiro atoms. The number of benzene rings is 1. The number of fused-ring (bicyclic) bond motifs is 1. The summed E-state index contributed by atoms with van der Waals surface area (Å²) in [6.45, 7) is 4.65. The molecule has 1 N–H and O–H groups in total. The average molecular weight is 296 g/mol. The molecule has 2 aliphatic heterocycles. The predicted molar refractivity (Wildman–Crippen MR) is 80.7 cm³/mol. The van der Waals surface area contributed by atoms with E-state index in [4.69, 9.17) is 21.1 Å². The topological polar surface area (TPSA) is 30.5 Å². The molecule has 2 atom stereocenters. The van der Waals surface area contributed by atoms with Crippen molar-refractivity contribution in [1.29, 1.82) is 0 Å². The highest BCUT2D eigenvalue weighted by molar-refractivity contribution is 6.30. The van der Waals surface area contributed by atoms with Crippen LogP contribution in [0.2, 0.25) is 5.02 Å². The summed E-state index contributed by atoms with van der Waals surface area (Å²) in [5, 5.41) is 4.36. The van der Waals surface area contributed by atoms with Crippen LogP contribution in [-0.2, 0) is 11.2 Å². The van der Waals surface area contributed by atoms with Crippen LogP contribution in [0.5, 0.6) is 5.75 Å². The standard InChI is InChI=1S/C16H22ClNO2/c1-2-18-15(14-5-3-4-7-19-14)13-10-12(17)9-11-6-8-20-16(11)13/h9-10,14-15,18H,2-8H2,1H3. The van der Waals surface area contributed by atoms with Crippen molar-refractivity contribution >= 4 is 11.6 Å². The van der Waals surface area contributed by atoms with Gasteiger partial charge in [-0.1, -0.05) is 18.5 Å². The van der Waals surface area contributed by atoms with Crippen LogP contribution in [0.1, 0.15) is 43.4 Å². The van der Waals surface area contributed by atoms with Crippen molar-refractivity contribution in [3.63, 3.8) is 0 Å². The molecule has 1 saturated heterocycles. The van der Waals surface area contributed by atoms with E-state index in [-0.39, 0.29) is 12.1 Å². The molecule has 1 fully saturated rings. The van der Waals surface area contributed by atoms with E-state index in [1.807, 2.05) is 12.1 Å². The van der Waals surface area contributed by atoms with Gasteiger partial charge in [-0.15, -0.1) is 0 Å². The van der Waals surface area contributed by atoms with E-state index >= 15 is 0 Å². The summed E-state index contributed by atoms with van der Waals surface area (Å²) >= 11 is 6.29. The second-order valence-corrected chi connectivity index (χ2v) is 5.96. The monoisotopic (exact) mass is 295 g/mol. The highest BCUT2D eigenvalue weighted by atomic mass is 35.5. The molecule has 0 saturated carbocycles. The Balaban J connectivity index is 1.94. The van der Waals surface area contributed by atoms with Gasteiger partial charge in [0.05, 0.1) is 18.8 Å². The van der Waals surface area contributed by atoms with E-state index < -0.39 is 0 Å². The molecule has 2 unspecified atom stereocenters. The molecule has 0 aliphatic carbocycles. The Kier molecular flexibility index (Phi) is 4.49. The third-order valence-electron chi connectivity index (χ3n) is 4.12. The van der Waals surface area contributed by atoms with Gasteiger partial charge in [0.1, 0.15) is 5.75 Å². The first-order valence-electron chi connectivity index (χ1n) is 7.59. The zero-order valence-electron chi connectivity index (χ0n) is 12.0. The summed E-state index contributed by atoms with van der Waals surface area (Å²) in [5.41, 5.74) is 2.39. The summed E-state index contributed by atoms with van der Waals surface area (Å²) in [7, 11) is 0. The lowest BCUT2D eigenvalue weighted by atomic mass is 9.93. The number of ether oxygens (including phenoxy) is 2. The Morgan fingerprint density at radius 2 is 2.25 bits per heavy atom. The Bertz CT molecular complexity index is 472. The highest BCUT2D eigenvalue weighted by Gasteiger charge is 2.30. The van der Waals surface area contributed by atoms with Crippen molar-refractivity contribution < 1.29 is 9.47 Å². The lowest BCUT2D eigenvalue weighted by Crippen LogP contribution is -2.36. The van der Waals surface area contributed by atoms with E-state index in [2.05, 4.69) is 12.2 Å². The Labute approximate surface area is 125 Å². The van der Waals surface area contributed by atoms with Crippen LogP contribution in [0.3, 0.4) is 0 Å². The van der Waals surface area contributed by atoms with E-state index in [0.29, 0.717) is 0 Å². The fourth-order valence-corrected chi connectivity index (χ4v) is 3.47. The maximum atomic E-state index is 6.29. The fourth-order valence-electron chi connectivity index (χ4n) is 3.22. The third kappa shape index (κ3) is 2.80. The van der Waals surface area contributed by atoms with E-state index in [9.17, 15) is 0 Å². The zero-order valence-corrected chi connectivity index (χ0v) is 12.7. The summed E-state index contributed by atoms with van der Waals surface area (Å²) in [5.74, 6) is 1.02. The van der Waals surface area contributed by atoms with Crippen LogP contribution in [-0.4, -0.2) is 25.9 Å². The minimum Gasteiger partial charge on any atom is -0.493 e. The normalized spacial score (nSPS) is 23.2. The fraction of sp³-hybridized carbons (Fsp3) is 0.625. The van der Waals surface area contributed by atoms with Gasteiger partial charge in [-0.2, -0.15) is 0 Å². The van der Waals surface area contributed by atoms with E-state index in [1.165, 1.54) is 24.0 Å². The molecule has 0 aromatic heterocycles. The summed E-state index contributed by atoms with van der Waals surface area (Å²) in [4.78, 5) is 0. The number of nitrogens with one attached hydrogen (secondary N) is 1. The largest absolute Gasteiger partial charge is 0.493 e. The van der Waals surface area contributed by atoms with Crippen molar-refractivity contribution in [2.24, 2.45) is 0 Å². The lowest BCUT2D eigenvalue weighted by Gasteiger charge is -2.32. The molecule has 2 aliphatic rings. The molecule has 0 radical (unpaired) electrons. The first-order valence-corrected chi connectivity index (χ1v) is 7.97. The molecule has 0 bridgehead atoms. The molecule has 0 amide bonds. The number of rotatable bonds is 4. The van der Waals surface area contributed by atoms with Crippen molar-refractivity contribution in [1.82, 2.24) is 5.32 Å². The minimum absolute atomic E-state index is 0.172. The molecular formula is C16H22ClNO2. The van der Waals surface area contributed by atoms with Gasteiger partial charge in [-0.05, 0) is 43.5 Å². The Morgan fingerprint density at radius 3 is 3.00 bits per heavy atom. The quantitative estimate of drug-likeness (QED) is 0.922. The van der Waals surface area contributed by atoms with Gasteiger partial charge in [0.15, 0.2) is 0 Å². The molecule has 1 aromatic carbocycles. The van der Waals surface area contributed by atoms with Crippen molar-refractivity contribution in [3.8, 4) is 5.75 Å². The first-order chi connectivity index (χ1) is 9.79. The van der Waals surface area contributed by atoms with Gasteiger partial charge >= 0.3 is 0 Å². The molecular weight excluding hydrogens is 274 g/mol. The van der Waals surface area contributed by atoms with Gasteiger partial charge in [0.2, 0.25) is 0 Å². The first kappa shape index (κ1) is 14.2. The van der Waals surface area contributed by atoms with Crippen LogP contribution in [0.15, 0.2) is 12.1 Å². The maximum absolute atomic E-state index is 6.29. The van der Waals surface area contributed by atoms with Crippen LogP contribution in [0.4, 0.5) is 0 Å².